The second-order valence-corrected chi connectivity index (χ2v) is 3.56. The molecule has 0 saturated carbocycles. The Morgan fingerprint density at radius 3 is 2.56 bits per heavy atom. The summed E-state index contributed by atoms with van der Waals surface area (Å²) in [6.45, 7) is -3.02. The maximum absolute atomic E-state index is 12.1. The number of hydrogen-bond donors (Lipinski definition) is 1. The highest BCUT2D eigenvalue weighted by molar-refractivity contribution is 5.85. The fourth-order valence-electron chi connectivity index (χ4n) is 1.62. The summed E-state index contributed by atoms with van der Waals surface area (Å²) in [5, 5.41) is 10.3. The van der Waals surface area contributed by atoms with Gasteiger partial charge in [-0.25, -0.2) is 0 Å². The van der Waals surface area contributed by atoms with Gasteiger partial charge in [0, 0.05) is 5.56 Å². The Morgan fingerprint density at radius 2 is 1.83 bits per heavy atom. The van der Waals surface area contributed by atoms with Crippen LogP contribution < -0.4 is 4.74 Å². The maximum atomic E-state index is 12.1. The molecule has 0 heterocycles. The molecule has 2 aromatic rings. The van der Waals surface area contributed by atoms with Gasteiger partial charge in [-0.2, -0.15) is 8.78 Å². The van der Waals surface area contributed by atoms with Crippen molar-refractivity contribution >= 4 is 10.8 Å². The highest BCUT2D eigenvalue weighted by Crippen LogP contribution is 2.23. The van der Waals surface area contributed by atoms with Crippen molar-refractivity contribution < 1.29 is 18.6 Å². The van der Waals surface area contributed by atoms with Gasteiger partial charge in [-0.05, 0) is 35.0 Å². The third-order valence-electron chi connectivity index (χ3n) is 2.35. The van der Waals surface area contributed by atoms with Crippen molar-refractivity contribution in [1.29, 1.82) is 0 Å². The molecule has 0 radical (unpaired) electrons. The van der Waals surface area contributed by atoms with Crippen LogP contribution >= 0.6 is 0 Å². The smallest absolute Gasteiger partial charge is 0.387 e. The van der Waals surface area contributed by atoms with E-state index in [1.165, 1.54) is 6.07 Å². The van der Waals surface area contributed by atoms with Crippen molar-refractivity contribution in [3.8, 4) is 17.6 Å². The molecule has 0 spiro atoms. The second kappa shape index (κ2) is 5.48. The first-order valence-corrected chi connectivity index (χ1v) is 5.27. The molecule has 2 aromatic carbocycles. The van der Waals surface area contributed by atoms with Crippen LogP contribution in [0.15, 0.2) is 36.4 Å². The number of aliphatic hydroxyl groups is 1. The lowest BCUT2D eigenvalue weighted by atomic mass is 10.1. The van der Waals surface area contributed by atoms with Gasteiger partial charge in [0.1, 0.15) is 12.4 Å². The van der Waals surface area contributed by atoms with Crippen LogP contribution in [0.3, 0.4) is 0 Å². The zero-order chi connectivity index (χ0) is 13.0. The molecule has 4 heteroatoms. The number of halogens is 2. The molecule has 0 aliphatic heterocycles. The van der Waals surface area contributed by atoms with E-state index < -0.39 is 6.61 Å². The Hall–Kier alpha value is -2.12. The molecule has 0 unspecified atom stereocenters. The second-order valence-electron chi connectivity index (χ2n) is 3.56. The number of hydrogen-bond acceptors (Lipinski definition) is 2. The summed E-state index contributed by atoms with van der Waals surface area (Å²) in [6.07, 6.45) is 0. The van der Waals surface area contributed by atoms with Crippen LogP contribution in [0.4, 0.5) is 8.78 Å². The molecule has 0 amide bonds. The van der Waals surface area contributed by atoms with E-state index in [2.05, 4.69) is 16.6 Å². The quantitative estimate of drug-likeness (QED) is 0.828. The Bertz CT molecular complexity index is 612. The summed E-state index contributed by atoms with van der Waals surface area (Å²) >= 11 is 0. The van der Waals surface area contributed by atoms with Crippen LogP contribution in [0.2, 0.25) is 0 Å². The third kappa shape index (κ3) is 2.96. The molecule has 0 aromatic heterocycles. The lowest BCUT2D eigenvalue weighted by Gasteiger charge is -2.05. The summed E-state index contributed by atoms with van der Waals surface area (Å²) in [4.78, 5) is 0. The normalized spacial score (nSPS) is 10.2. The van der Waals surface area contributed by atoms with Gasteiger partial charge in [0.05, 0.1) is 0 Å². The molecule has 0 bridgehead atoms. The van der Waals surface area contributed by atoms with Gasteiger partial charge in [-0.15, -0.1) is 0 Å². The largest absolute Gasteiger partial charge is 0.435 e. The van der Waals surface area contributed by atoms with E-state index >= 15 is 0 Å². The first-order chi connectivity index (χ1) is 8.69. The summed E-state index contributed by atoms with van der Waals surface area (Å²) in [6, 6.07) is 10.1. The summed E-state index contributed by atoms with van der Waals surface area (Å²) < 4.78 is 28.4. The summed E-state index contributed by atoms with van der Waals surface area (Å²) in [5.41, 5.74) is 0.763. The summed E-state index contributed by atoms with van der Waals surface area (Å²) in [7, 11) is 0. The molecule has 0 fully saturated rings. The molecule has 0 aliphatic carbocycles. The molecule has 2 nitrogen and oxygen atoms in total. The van der Waals surface area contributed by atoms with Crippen LogP contribution in [0, 0.1) is 11.8 Å². The highest BCUT2D eigenvalue weighted by Gasteiger charge is 2.04. The van der Waals surface area contributed by atoms with Gasteiger partial charge in [0.25, 0.3) is 0 Å². The van der Waals surface area contributed by atoms with Gasteiger partial charge in [-0.1, -0.05) is 24.0 Å². The third-order valence-corrected chi connectivity index (χ3v) is 2.35. The molecule has 92 valence electrons. The molecular formula is C14H10F2O2. The van der Waals surface area contributed by atoms with E-state index in [0.29, 0.717) is 0 Å². The molecule has 0 atom stereocenters. The van der Waals surface area contributed by atoms with E-state index in [9.17, 15) is 8.78 Å². The fraction of sp³-hybridized carbons (Fsp3) is 0.143. The van der Waals surface area contributed by atoms with Gasteiger partial charge in [-0.3, -0.25) is 0 Å². The van der Waals surface area contributed by atoms with Crippen LogP contribution in [0.25, 0.3) is 10.8 Å². The standard InChI is InChI=1S/C14H10F2O2/c15-14(16)18-13-6-5-11-8-10(2-1-7-17)3-4-12(11)9-13/h3-6,8-9,14,17H,7H2. The average Bonchev–Trinajstić information content (AvgIpc) is 2.35. The molecule has 0 aliphatic rings. The lowest BCUT2D eigenvalue weighted by Crippen LogP contribution is -2.01. The van der Waals surface area contributed by atoms with Crippen LogP contribution in [0.5, 0.6) is 5.75 Å². The topological polar surface area (TPSA) is 29.5 Å². The minimum atomic E-state index is -2.82. The zero-order valence-corrected chi connectivity index (χ0v) is 9.36. The van der Waals surface area contributed by atoms with E-state index in [4.69, 9.17) is 5.11 Å². The van der Waals surface area contributed by atoms with Gasteiger partial charge in [0.2, 0.25) is 0 Å². The number of rotatable bonds is 2. The van der Waals surface area contributed by atoms with E-state index in [-0.39, 0.29) is 12.4 Å². The monoisotopic (exact) mass is 248 g/mol. The van der Waals surface area contributed by atoms with Crippen molar-refractivity contribution in [1.82, 2.24) is 0 Å². The maximum Gasteiger partial charge on any atom is 0.387 e. The number of aliphatic hydroxyl groups excluding tert-OH is 1. The Labute approximate surface area is 103 Å². The Kier molecular flexibility index (Phi) is 3.75. The highest BCUT2D eigenvalue weighted by atomic mass is 19.3. The molecule has 2 rings (SSSR count). The minimum absolute atomic E-state index is 0.131. The molecule has 18 heavy (non-hydrogen) atoms. The Balaban J connectivity index is 2.35. The van der Waals surface area contributed by atoms with E-state index in [0.717, 1.165) is 16.3 Å². The van der Waals surface area contributed by atoms with Crippen molar-refractivity contribution in [3.63, 3.8) is 0 Å². The number of ether oxygens (including phenoxy) is 1. The zero-order valence-electron chi connectivity index (χ0n) is 9.36. The van der Waals surface area contributed by atoms with Crippen LogP contribution in [0.1, 0.15) is 5.56 Å². The molecule has 0 saturated heterocycles. The predicted molar refractivity (Wildman–Crippen MR) is 64.5 cm³/mol. The molecular weight excluding hydrogens is 238 g/mol. The van der Waals surface area contributed by atoms with Crippen LogP contribution in [-0.4, -0.2) is 18.3 Å². The number of alkyl halides is 2. The Morgan fingerprint density at radius 1 is 1.11 bits per heavy atom. The van der Waals surface area contributed by atoms with Crippen molar-refractivity contribution in [2.45, 2.75) is 6.61 Å². The minimum Gasteiger partial charge on any atom is -0.435 e. The lowest BCUT2D eigenvalue weighted by molar-refractivity contribution is -0.0497. The first-order valence-electron chi connectivity index (χ1n) is 5.27. The van der Waals surface area contributed by atoms with Crippen molar-refractivity contribution in [2.24, 2.45) is 0 Å². The first kappa shape index (κ1) is 12.3. The van der Waals surface area contributed by atoms with Crippen molar-refractivity contribution in [3.05, 3.63) is 42.0 Å². The van der Waals surface area contributed by atoms with Gasteiger partial charge in [0.15, 0.2) is 0 Å². The fourth-order valence-corrected chi connectivity index (χ4v) is 1.62. The van der Waals surface area contributed by atoms with Gasteiger partial charge >= 0.3 is 6.61 Å². The summed E-state index contributed by atoms with van der Waals surface area (Å²) in [5.74, 6) is 5.46. The van der Waals surface area contributed by atoms with Crippen molar-refractivity contribution in [2.75, 3.05) is 6.61 Å². The van der Waals surface area contributed by atoms with E-state index in [1.807, 2.05) is 6.07 Å². The van der Waals surface area contributed by atoms with Gasteiger partial charge < -0.3 is 9.84 Å². The number of benzene rings is 2. The predicted octanol–water partition coefficient (Wildman–Crippen LogP) is 2.79. The van der Waals surface area contributed by atoms with E-state index in [1.54, 1.807) is 24.3 Å². The number of fused-ring (bicyclic) bond motifs is 1. The van der Waals surface area contributed by atoms with Crippen LogP contribution in [-0.2, 0) is 0 Å². The average molecular weight is 248 g/mol. The SMILES string of the molecule is OCC#Cc1ccc2cc(OC(F)F)ccc2c1. The molecule has 1 N–H and O–H groups in total.